The van der Waals surface area contributed by atoms with E-state index in [-0.39, 0.29) is 11.7 Å². The standard InChI is InChI=1S/C16H13FN4OS/c1-21-9-8-14(20-21)19-15(22)7-6-13-10-23-16(18-13)11-2-4-12(17)5-3-11/h2-10H,1H3,(H,19,20,22)/b7-6+. The van der Waals surface area contributed by atoms with Crippen LogP contribution in [0, 0.1) is 5.82 Å². The molecule has 0 aliphatic heterocycles. The second-order valence-electron chi connectivity index (χ2n) is 4.78. The summed E-state index contributed by atoms with van der Waals surface area (Å²) in [7, 11) is 1.78. The molecule has 7 heteroatoms. The molecule has 1 aromatic carbocycles. The number of nitrogens with one attached hydrogen (secondary N) is 1. The van der Waals surface area contributed by atoms with Gasteiger partial charge in [-0.25, -0.2) is 9.37 Å². The van der Waals surface area contributed by atoms with Crippen molar-refractivity contribution in [3.8, 4) is 10.6 Å². The van der Waals surface area contributed by atoms with E-state index in [2.05, 4.69) is 15.4 Å². The smallest absolute Gasteiger partial charge is 0.249 e. The molecular weight excluding hydrogens is 315 g/mol. The van der Waals surface area contributed by atoms with Crippen molar-refractivity contribution in [3.63, 3.8) is 0 Å². The molecule has 0 saturated heterocycles. The van der Waals surface area contributed by atoms with Crippen LogP contribution in [-0.4, -0.2) is 20.7 Å². The minimum atomic E-state index is -0.281. The quantitative estimate of drug-likeness (QED) is 0.747. The number of rotatable bonds is 4. The van der Waals surface area contributed by atoms with Crippen LogP contribution in [0.25, 0.3) is 16.6 Å². The highest BCUT2D eigenvalue weighted by atomic mass is 32.1. The van der Waals surface area contributed by atoms with Gasteiger partial charge >= 0.3 is 0 Å². The summed E-state index contributed by atoms with van der Waals surface area (Å²) in [6, 6.07) is 7.85. The van der Waals surface area contributed by atoms with Crippen molar-refractivity contribution < 1.29 is 9.18 Å². The van der Waals surface area contributed by atoms with E-state index in [4.69, 9.17) is 0 Å². The van der Waals surface area contributed by atoms with Gasteiger partial charge in [0.15, 0.2) is 5.82 Å². The summed E-state index contributed by atoms with van der Waals surface area (Å²) in [6.45, 7) is 0. The largest absolute Gasteiger partial charge is 0.306 e. The van der Waals surface area contributed by atoms with E-state index in [1.165, 1.54) is 29.5 Å². The maximum absolute atomic E-state index is 12.9. The predicted octanol–water partition coefficient (Wildman–Crippen LogP) is 3.33. The SMILES string of the molecule is Cn1ccc(NC(=O)/C=C/c2csc(-c3ccc(F)cc3)n2)n1. The van der Waals surface area contributed by atoms with Gasteiger partial charge in [-0.3, -0.25) is 9.48 Å². The zero-order chi connectivity index (χ0) is 16.2. The van der Waals surface area contributed by atoms with Gasteiger partial charge in [-0.15, -0.1) is 11.3 Å². The van der Waals surface area contributed by atoms with E-state index in [9.17, 15) is 9.18 Å². The average molecular weight is 328 g/mol. The second-order valence-corrected chi connectivity index (χ2v) is 5.64. The van der Waals surface area contributed by atoms with Crippen LogP contribution >= 0.6 is 11.3 Å². The summed E-state index contributed by atoms with van der Waals surface area (Å²) in [5.74, 6) is -0.0657. The van der Waals surface area contributed by atoms with E-state index >= 15 is 0 Å². The number of hydrogen-bond acceptors (Lipinski definition) is 4. The molecule has 0 bridgehead atoms. The Morgan fingerprint density at radius 2 is 2.09 bits per heavy atom. The monoisotopic (exact) mass is 328 g/mol. The number of thiazole rings is 1. The molecule has 0 aliphatic rings. The Hall–Kier alpha value is -2.80. The van der Waals surface area contributed by atoms with Crippen molar-refractivity contribution in [1.82, 2.24) is 14.8 Å². The molecule has 3 rings (SSSR count). The van der Waals surface area contributed by atoms with Gasteiger partial charge in [0.1, 0.15) is 10.8 Å². The first-order valence-corrected chi connectivity index (χ1v) is 7.68. The highest BCUT2D eigenvalue weighted by Gasteiger charge is 2.04. The molecule has 0 atom stereocenters. The number of anilines is 1. The van der Waals surface area contributed by atoms with Crippen LogP contribution in [0.1, 0.15) is 5.69 Å². The van der Waals surface area contributed by atoms with Crippen LogP contribution in [0.5, 0.6) is 0 Å². The Morgan fingerprint density at radius 3 is 2.78 bits per heavy atom. The third-order valence-corrected chi connectivity index (χ3v) is 3.89. The lowest BCUT2D eigenvalue weighted by atomic mass is 10.2. The highest BCUT2D eigenvalue weighted by molar-refractivity contribution is 7.13. The number of aryl methyl sites for hydroxylation is 1. The molecule has 0 fully saturated rings. The summed E-state index contributed by atoms with van der Waals surface area (Å²) in [6.07, 6.45) is 4.77. The summed E-state index contributed by atoms with van der Waals surface area (Å²) in [5, 5.41) is 9.33. The maximum Gasteiger partial charge on any atom is 0.249 e. The van der Waals surface area contributed by atoms with Gasteiger partial charge in [-0.2, -0.15) is 5.10 Å². The molecule has 23 heavy (non-hydrogen) atoms. The summed E-state index contributed by atoms with van der Waals surface area (Å²) in [4.78, 5) is 16.2. The highest BCUT2D eigenvalue weighted by Crippen LogP contribution is 2.24. The Morgan fingerprint density at radius 1 is 1.30 bits per heavy atom. The first-order valence-electron chi connectivity index (χ1n) is 6.80. The lowest BCUT2D eigenvalue weighted by Gasteiger charge is -1.96. The van der Waals surface area contributed by atoms with Gasteiger partial charge in [-0.1, -0.05) is 0 Å². The van der Waals surface area contributed by atoms with E-state index < -0.39 is 0 Å². The lowest BCUT2D eigenvalue weighted by molar-refractivity contribution is -0.111. The third kappa shape index (κ3) is 3.89. The topological polar surface area (TPSA) is 59.8 Å². The van der Waals surface area contributed by atoms with E-state index in [1.807, 2.05) is 5.38 Å². The van der Waals surface area contributed by atoms with Crippen LogP contribution in [0.2, 0.25) is 0 Å². The first kappa shape index (κ1) is 15.1. The normalized spacial score (nSPS) is 11.0. The van der Waals surface area contributed by atoms with E-state index in [0.29, 0.717) is 11.5 Å². The van der Waals surface area contributed by atoms with Crippen LogP contribution < -0.4 is 5.32 Å². The molecule has 2 heterocycles. The second kappa shape index (κ2) is 6.53. The van der Waals surface area contributed by atoms with Crippen molar-refractivity contribution in [2.24, 2.45) is 7.05 Å². The minimum Gasteiger partial charge on any atom is -0.306 e. The molecular formula is C16H13FN4OS. The van der Waals surface area contributed by atoms with Gasteiger partial charge in [0, 0.05) is 36.3 Å². The van der Waals surface area contributed by atoms with Crippen molar-refractivity contribution >= 4 is 29.1 Å². The summed E-state index contributed by atoms with van der Waals surface area (Å²) < 4.78 is 14.5. The number of halogens is 1. The Bertz CT molecular complexity index is 851. The van der Waals surface area contributed by atoms with Gasteiger partial charge in [0.25, 0.3) is 0 Å². The van der Waals surface area contributed by atoms with Gasteiger partial charge < -0.3 is 5.32 Å². The molecule has 116 valence electrons. The number of carbonyl (C=O) groups is 1. The number of benzene rings is 1. The minimum absolute atomic E-state index is 0.278. The first-order chi connectivity index (χ1) is 11.1. The molecule has 0 spiro atoms. The molecule has 0 radical (unpaired) electrons. The number of aromatic nitrogens is 3. The predicted molar refractivity (Wildman–Crippen MR) is 88.4 cm³/mol. The number of hydrogen-bond donors (Lipinski definition) is 1. The molecule has 0 saturated carbocycles. The zero-order valence-electron chi connectivity index (χ0n) is 12.2. The Labute approximate surface area is 136 Å². The van der Waals surface area contributed by atoms with Crippen LogP contribution in [-0.2, 0) is 11.8 Å². The molecule has 0 unspecified atom stereocenters. The van der Waals surface area contributed by atoms with Crippen LogP contribution in [0.3, 0.4) is 0 Å². The number of amides is 1. The lowest BCUT2D eigenvalue weighted by Crippen LogP contribution is -2.08. The van der Waals surface area contributed by atoms with Gasteiger partial charge in [0.2, 0.25) is 5.91 Å². The summed E-state index contributed by atoms with van der Waals surface area (Å²) in [5.41, 5.74) is 1.51. The van der Waals surface area contributed by atoms with E-state index in [0.717, 1.165) is 10.6 Å². The Kier molecular flexibility index (Phi) is 4.29. The number of carbonyl (C=O) groups excluding carboxylic acids is 1. The van der Waals surface area contributed by atoms with Crippen molar-refractivity contribution in [2.75, 3.05) is 5.32 Å². The zero-order valence-corrected chi connectivity index (χ0v) is 13.0. The number of nitrogens with zero attached hydrogens (tertiary/aromatic N) is 3. The summed E-state index contributed by atoms with van der Waals surface area (Å²) >= 11 is 1.44. The average Bonchev–Trinajstić information content (AvgIpc) is 3.15. The molecule has 2 aromatic heterocycles. The molecule has 3 aromatic rings. The fraction of sp³-hybridized carbons (Fsp3) is 0.0625. The fourth-order valence-corrected chi connectivity index (χ4v) is 2.69. The molecule has 5 nitrogen and oxygen atoms in total. The van der Waals surface area contributed by atoms with Crippen molar-refractivity contribution in [2.45, 2.75) is 0 Å². The third-order valence-electron chi connectivity index (χ3n) is 2.98. The van der Waals surface area contributed by atoms with Crippen molar-refractivity contribution in [1.29, 1.82) is 0 Å². The Balaban J connectivity index is 1.66. The van der Waals surface area contributed by atoms with E-state index in [1.54, 1.807) is 42.2 Å². The fourth-order valence-electron chi connectivity index (χ4n) is 1.90. The van der Waals surface area contributed by atoms with Crippen LogP contribution in [0.4, 0.5) is 10.2 Å². The van der Waals surface area contributed by atoms with Gasteiger partial charge in [0.05, 0.1) is 5.69 Å². The molecule has 0 aliphatic carbocycles. The van der Waals surface area contributed by atoms with Gasteiger partial charge in [-0.05, 0) is 30.3 Å². The molecule has 1 N–H and O–H groups in total. The molecule has 1 amide bonds. The maximum atomic E-state index is 12.9. The van der Waals surface area contributed by atoms with Crippen LogP contribution in [0.15, 0.2) is 48.0 Å². The van der Waals surface area contributed by atoms with Crippen molar-refractivity contribution in [3.05, 3.63) is 59.5 Å².